The van der Waals surface area contributed by atoms with Crippen LogP contribution in [0.5, 0.6) is 0 Å². The second kappa shape index (κ2) is 7.04. The molecule has 1 saturated carbocycles. The topological polar surface area (TPSA) is 58.3 Å². The van der Waals surface area contributed by atoms with Gasteiger partial charge in [0, 0.05) is 25.2 Å². The molecular formula is C16H26N2O. The van der Waals surface area contributed by atoms with Crippen LogP contribution >= 0.6 is 0 Å². The molecule has 1 aliphatic rings. The fraction of sp³-hybridized carbons (Fsp3) is 0.625. The van der Waals surface area contributed by atoms with E-state index in [1.54, 1.807) is 0 Å². The third-order valence-electron chi connectivity index (χ3n) is 4.50. The predicted octanol–water partition coefficient (Wildman–Crippen LogP) is 1.87. The number of rotatable bonds is 6. The van der Waals surface area contributed by atoms with Gasteiger partial charge < -0.3 is 16.2 Å². The van der Waals surface area contributed by atoms with Gasteiger partial charge in [0.25, 0.3) is 0 Å². The average Bonchev–Trinajstić information content (AvgIpc) is 2.92. The van der Waals surface area contributed by atoms with E-state index in [9.17, 15) is 5.11 Å². The Hall–Kier alpha value is -0.900. The molecule has 0 radical (unpaired) electrons. The maximum atomic E-state index is 9.41. The highest BCUT2D eigenvalue weighted by Gasteiger charge is 2.29. The fourth-order valence-corrected chi connectivity index (χ4v) is 3.16. The summed E-state index contributed by atoms with van der Waals surface area (Å²) in [6, 6.07) is 11.2. The van der Waals surface area contributed by atoms with Crippen LogP contribution in [0.15, 0.2) is 30.3 Å². The van der Waals surface area contributed by atoms with Crippen LogP contribution in [0.2, 0.25) is 0 Å². The van der Waals surface area contributed by atoms with Crippen LogP contribution in [-0.2, 0) is 0 Å². The standard InChI is InChI=1S/C16H26N2O/c1-12(13-6-3-2-4-7-13)16(10-17)18-15-9-5-8-14(15)11-19/h2-4,6-7,12,14-16,18-19H,5,8-11,17H2,1H3. The maximum absolute atomic E-state index is 9.41. The van der Waals surface area contributed by atoms with Crippen LogP contribution < -0.4 is 11.1 Å². The van der Waals surface area contributed by atoms with Crippen molar-refractivity contribution in [2.75, 3.05) is 13.2 Å². The third-order valence-corrected chi connectivity index (χ3v) is 4.50. The number of hydrogen-bond donors (Lipinski definition) is 3. The van der Waals surface area contributed by atoms with Gasteiger partial charge in [0.2, 0.25) is 0 Å². The van der Waals surface area contributed by atoms with Gasteiger partial charge in [0.15, 0.2) is 0 Å². The van der Waals surface area contributed by atoms with Crippen molar-refractivity contribution in [1.29, 1.82) is 0 Å². The Labute approximate surface area is 116 Å². The summed E-state index contributed by atoms with van der Waals surface area (Å²) in [5, 5.41) is 13.1. The zero-order valence-electron chi connectivity index (χ0n) is 11.8. The molecule has 4 atom stereocenters. The normalized spacial score (nSPS) is 26.3. The summed E-state index contributed by atoms with van der Waals surface area (Å²) >= 11 is 0. The molecule has 0 saturated heterocycles. The van der Waals surface area contributed by atoms with Gasteiger partial charge in [-0.25, -0.2) is 0 Å². The van der Waals surface area contributed by atoms with Gasteiger partial charge in [-0.3, -0.25) is 0 Å². The first kappa shape index (κ1) is 14.5. The molecule has 3 heteroatoms. The molecule has 19 heavy (non-hydrogen) atoms. The van der Waals surface area contributed by atoms with Crippen molar-refractivity contribution in [1.82, 2.24) is 5.32 Å². The molecule has 1 aromatic rings. The third kappa shape index (κ3) is 3.56. The highest BCUT2D eigenvalue weighted by atomic mass is 16.3. The van der Waals surface area contributed by atoms with Gasteiger partial charge in [0.1, 0.15) is 0 Å². The molecule has 0 heterocycles. The summed E-state index contributed by atoms with van der Waals surface area (Å²) in [5.41, 5.74) is 7.27. The molecule has 0 spiro atoms. The molecule has 0 amide bonds. The van der Waals surface area contributed by atoms with Crippen molar-refractivity contribution in [3.63, 3.8) is 0 Å². The minimum atomic E-state index is 0.277. The first-order valence-corrected chi connectivity index (χ1v) is 7.38. The smallest absolute Gasteiger partial charge is 0.0474 e. The molecule has 2 rings (SSSR count). The van der Waals surface area contributed by atoms with Crippen molar-refractivity contribution >= 4 is 0 Å². The Morgan fingerprint density at radius 2 is 2.05 bits per heavy atom. The van der Waals surface area contributed by atoms with Gasteiger partial charge >= 0.3 is 0 Å². The summed E-state index contributed by atoms with van der Waals surface area (Å²) in [5.74, 6) is 0.795. The van der Waals surface area contributed by atoms with Crippen LogP contribution in [0, 0.1) is 5.92 Å². The van der Waals surface area contributed by atoms with Gasteiger partial charge in [0.05, 0.1) is 0 Å². The van der Waals surface area contributed by atoms with E-state index < -0.39 is 0 Å². The fourth-order valence-electron chi connectivity index (χ4n) is 3.16. The molecule has 3 nitrogen and oxygen atoms in total. The van der Waals surface area contributed by atoms with E-state index in [0.717, 1.165) is 12.8 Å². The van der Waals surface area contributed by atoms with Gasteiger partial charge in [-0.1, -0.05) is 43.7 Å². The van der Waals surface area contributed by atoms with Crippen LogP contribution in [0.3, 0.4) is 0 Å². The zero-order chi connectivity index (χ0) is 13.7. The monoisotopic (exact) mass is 262 g/mol. The lowest BCUT2D eigenvalue weighted by atomic mass is 9.91. The number of aliphatic hydroxyl groups excluding tert-OH is 1. The van der Waals surface area contributed by atoms with Crippen LogP contribution in [0.1, 0.15) is 37.7 Å². The summed E-state index contributed by atoms with van der Waals surface area (Å²) < 4.78 is 0. The lowest BCUT2D eigenvalue weighted by molar-refractivity contribution is 0.197. The highest BCUT2D eigenvalue weighted by Crippen LogP contribution is 2.27. The van der Waals surface area contributed by atoms with Gasteiger partial charge in [-0.2, -0.15) is 0 Å². The zero-order valence-corrected chi connectivity index (χ0v) is 11.8. The predicted molar refractivity (Wildman–Crippen MR) is 79.0 cm³/mol. The van der Waals surface area contributed by atoms with Crippen molar-refractivity contribution in [3.8, 4) is 0 Å². The largest absolute Gasteiger partial charge is 0.396 e. The second-order valence-corrected chi connectivity index (χ2v) is 5.69. The minimum absolute atomic E-state index is 0.277. The summed E-state index contributed by atoms with van der Waals surface area (Å²) in [7, 11) is 0. The molecule has 1 fully saturated rings. The Bertz CT molecular complexity index is 368. The van der Waals surface area contributed by atoms with E-state index in [1.165, 1.54) is 12.0 Å². The number of nitrogens with two attached hydrogens (primary N) is 1. The van der Waals surface area contributed by atoms with E-state index in [-0.39, 0.29) is 12.6 Å². The maximum Gasteiger partial charge on any atom is 0.0474 e. The lowest BCUT2D eigenvalue weighted by Crippen LogP contribution is -2.47. The van der Waals surface area contributed by atoms with Gasteiger partial charge in [-0.05, 0) is 30.2 Å². The van der Waals surface area contributed by atoms with E-state index >= 15 is 0 Å². The van der Waals surface area contributed by atoms with E-state index in [2.05, 4.69) is 36.5 Å². The number of hydrogen-bond acceptors (Lipinski definition) is 3. The summed E-state index contributed by atoms with van der Waals surface area (Å²) in [6.45, 7) is 3.14. The van der Waals surface area contributed by atoms with E-state index in [4.69, 9.17) is 5.73 Å². The quantitative estimate of drug-likeness (QED) is 0.733. The first-order valence-electron chi connectivity index (χ1n) is 7.38. The number of aliphatic hydroxyl groups is 1. The highest BCUT2D eigenvalue weighted by molar-refractivity contribution is 5.20. The number of nitrogens with one attached hydrogen (secondary N) is 1. The van der Waals surface area contributed by atoms with Gasteiger partial charge in [-0.15, -0.1) is 0 Å². The van der Waals surface area contributed by atoms with Crippen LogP contribution in [0.4, 0.5) is 0 Å². The van der Waals surface area contributed by atoms with Crippen LogP contribution in [0.25, 0.3) is 0 Å². The molecule has 0 bridgehead atoms. The molecule has 0 aromatic heterocycles. The Morgan fingerprint density at radius 1 is 1.32 bits per heavy atom. The minimum Gasteiger partial charge on any atom is -0.396 e. The lowest BCUT2D eigenvalue weighted by Gasteiger charge is -2.30. The van der Waals surface area contributed by atoms with Crippen LogP contribution in [-0.4, -0.2) is 30.3 Å². The van der Waals surface area contributed by atoms with E-state index in [0.29, 0.717) is 24.4 Å². The van der Waals surface area contributed by atoms with Crippen molar-refractivity contribution in [2.24, 2.45) is 11.7 Å². The van der Waals surface area contributed by atoms with Crippen molar-refractivity contribution in [2.45, 2.75) is 44.2 Å². The Morgan fingerprint density at radius 3 is 2.68 bits per heavy atom. The molecule has 0 aliphatic heterocycles. The molecular weight excluding hydrogens is 236 g/mol. The van der Waals surface area contributed by atoms with E-state index in [1.807, 2.05) is 6.07 Å². The SMILES string of the molecule is CC(c1ccccc1)C(CN)NC1CCCC1CO. The average molecular weight is 262 g/mol. The molecule has 106 valence electrons. The summed E-state index contributed by atoms with van der Waals surface area (Å²) in [6.07, 6.45) is 3.49. The Kier molecular flexibility index (Phi) is 5.37. The second-order valence-electron chi connectivity index (χ2n) is 5.69. The molecule has 4 N–H and O–H groups in total. The first-order chi connectivity index (χ1) is 9.26. The molecule has 1 aliphatic carbocycles. The molecule has 1 aromatic carbocycles. The van der Waals surface area contributed by atoms with Crippen molar-refractivity contribution in [3.05, 3.63) is 35.9 Å². The number of benzene rings is 1. The molecule has 4 unspecified atom stereocenters. The Balaban J connectivity index is 2.00. The van der Waals surface area contributed by atoms with Crippen molar-refractivity contribution < 1.29 is 5.11 Å². The summed E-state index contributed by atoms with van der Waals surface area (Å²) in [4.78, 5) is 0.